The lowest BCUT2D eigenvalue weighted by atomic mass is 10.00. The number of carbonyl (C=O) groups excluding carboxylic acids is 4. The van der Waals surface area contributed by atoms with Crippen LogP contribution in [0.5, 0.6) is 5.75 Å². The van der Waals surface area contributed by atoms with Crippen LogP contribution in [0.15, 0.2) is 24.3 Å². The zero-order valence-corrected chi connectivity index (χ0v) is 21.2. The van der Waals surface area contributed by atoms with E-state index in [1.807, 2.05) is 13.8 Å². The van der Waals surface area contributed by atoms with Gasteiger partial charge in [0.15, 0.2) is 0 Å². The van der Waals surface area contributed by atoms with E-state index in [9.17, 15) is 39.0 Å². The Kier molecular flexibility index (Phi) is 11.0. The molecule has 13 heteroatoms. The van der Waals surface area contributed by atoms with Crippen molar-refractivity contribution in [3.63, 3.8) is 0 Å². The van der Waals surface area contributed by atoms with Gasteiger partial charge in [0.25, 0.3) is 0 Å². The monoisotopic (exact) mass is 534 g/mol. The van der Waals surface area contributed by atoms with Gasteiger partial charge in [-0.3, -0.25) is 24.0 Å². The normalized spacial score (nSPS) is 17.1. The SMILES string of the molecule is CC(C)C[C@H](NC(=O)[C@@H]1CCC(=O)N1)C(=O)N[C@@H](Cc1ccc(O)cc1)C(=O)N[C@@H](CCC(=O)O)C(=O)O. The van der Waals surface area contributed by atoms with E-state index < -0.39 is 60.2 Å². The highest BCUT2D eigenvalue weighted by Gasteiger charge is 2.33. The first-order valence-corrected chi connectivity index (χ1v) is 12.3. The summed E-state index contributed by atoms with van der Waals surface area (Å²) in [5, 5.41) is 37.9. The molecule has 0 radical (unpaired) electrons. The van der Waals surface area contributed by atoms with Crippen molar-refractivity contribution < 1.29 is 44.1 Å². The van der Waals surface area contributed by atoms with Crippen LogP contribution in [0.2, 0.25) is 0 Å². The van der Waals surface area contributed by atoms with Crippen LogP contribution in [0.25, 0.3) is 0 Å². The molecule has 1 saturated heterocycles. The van der Waals surface area contributed by atoms with Crippen LogP contribution in [0, 0.1) is 5.92 Å². The third kappa shape index (κ3) is 9.71. The highest BCUT2D eigenvalue weighted by atomic mass is 16.4. The first kappa shape index (κ1) is 30.1. The zero-order chi connectivity index (χ0) is 28.4. The molecule has 7 N–H and O–H groups in total. The Morgan fingerprint density at radius 2 is 1.55 bits per heavy atom. The molecular formula is C25H34N4O9. The smallest absolute Gasteiger partial charge is 0.326 e. The minimum atomic E-state index is -1.50. The fourth-order valence-corrected chi connectivity index (χ4v) is 3.93. The van der Waals surface area contributed by atoms with Crippen molar-refractivity contribution in [1.29, 1.82) is 0 Å². The molecule has 13 nitrogen and oxygen atoms in total. The standard InChI is InChI=1S/C25H34N4O9/c1-13(2)11-18(28-22(34)16-7-9-20(31)26-16)23(35)29-19(12-14-3-5-15(30)6-4-14)24(36)27-17(25(37)38)8-10-21(32)33/h3-6,13,16-19,30H,7-12H2,1-2H3,(H,26,31)(H,27,36)(H,28,34)(H,29,35)(H,32,33)(H,37,38)/t16-,17-,18-,19-/m0/s1. The lowest BCUT2D eigenvalue weighted by molar-refractivity contribution is -0.143. The molecule has 38 heavy (non-hydrogen) atoms. The van der Waals surface area contributed by atoms with E-state index in [1.54, 1.807) is 0 Å². The van der Waals surface area contributed by atoms with Crippen LogP contribution in [0.1, 0.15) is 51.5 Å². The van der Waals surface area contributed by atoms with Gasteiger partial charge in [-0.2, -0.15) is 0 Å². The molecule has 1 heterocycles. The van der Waals surface area contributed by atoms with Crippen molar-refractivity contribution in [2.75, 3.05) is 0 Å². The molecule has 1 aliphatic rings. The minimum absolute atomic E-state index is 0.0166. The van der Waals surface area contributed by atoms with E-state index in [-0.39, 0.29) is 43.3 Å². The van der Waals surface area contributed by atoms with Crippen LogP contribution < -0.4 is 21.3 Å². The summed E-state index contributed by atoms with van der Waals surface area (Å²) < 4.78 is 0. The second kappa shape index (κ2) is 14.0. The second-order valence-electron chi connectivity index (χ2n) is 9.61. The summed E-state index contributed by atoms with van der Waals surface area (Å²) in [5.74, 6) is -5.05. The maximum Gasteiger partial charge on any atom is 0.326 e. The summed E-state index contributed by atoms with van der Waals surface area (Å²) in [5.41, 5.74) is 0.541. The van der Waals surface area contributed by atoms with E-state index in [1.165, 1.54) is 24.3 Å². The van der Waals surface area contributed by atoms with Gasteiger partial charge in [0, 0.05) is 19.3 Å². The molecule has 1 aromatic rings. The van der Waals surface area contributed by atoms with Crippen LogP contribution >= 0.6 is 0 Å². The Hall–Kier alpha value is -4.16. The van der Waals surface area contributed by atoms with Crippen molar-refractivity contribution in [2.45, 2.75) is 76.5 Å². The number of benzene rings is 1. The number of aliphatic carboxylic acids is 2. The predicted molar refractivity (Wildman–Crippen MR) is 133 cm³/mol. The fourth-order valence-electron chi connectivity index (χ4n) is 3.93. The number of phenols is 1. The number of phenolic OH excluding ortho intramolecular Hbond substituents is 1. The van der Waals surface area contributed by atoms with Gasteiger partial charge in [0.05, 0.1) is 0 Å². The van der Waals surface area contributed by atoms with Crippen molar-refractivity contribution >= 4 is 35.6 Å². The molecule has 1 fully saturated rings. The van der Waals surface area contributed by atoms with Crippen molar-refractivity contribution in [3.8, 4) is 5.75 Å². The van der Waals surface area contributed by atoms with Gasteiger partial charge in [0.2, 0.25) is 23.6 Å². The molecule has 0 spiro atoms. The Labute approximate surface area is 219 Å². The van der Waals surface area contributed by atoms with Gasteiger partial charge in [-0.1, -0.05) is 26.0 Å². The molecule has 0 unspecified atom stereocenters. The average molecular weight is 535 g/mol. The maximum atomic E-state index is 13.3. The molecule has 4 atom stereocenters. The number of carbonyl (C=O) groups is 6. The molecule has 1 aromatic carbocycles. The number of nitrogens with one attached hydrogen (secondary N) is 4. The van der Waals surface area contributed by atoms with Gasteiger partial charge in [-0.25, -0.2) is 4.79 Å². The quantitative estimate of drug-likeness (QED) is 0.166. The highest BCUT2D eigenvalue weighted by molar-refractivity contribution is 5.96. The lowest BCUT2D eigenvalue weighted by Gasteiger charge is -2.26. The first-order valence-electron chi connectivity index (χ1n) is 12.3. The Morgan fingerprint density at radius 1 is 0.947 bits per heavy atom. The molecule has 0 aromatic heterocycles. The number of amides is 4. The summed E-state index contributed by atoms with van der Waals surface area (Å²) in [7, 11) is 0. The van der Waals surface area contributed by atoms with Crippen molar-refractivity contribution in [1.82, 2.24) is 21.3 Å². The molecule has 208 valence electrons. The summed E-state index contributed by atoms with van der Waals surface area (Å²) in [6.45, 7) is 3.68. The van der Waals surface area contributed by atoms with Crippen LogP contribution in [0.4, 0.5) is 0 Å². The maximum absolute atomic E-state index is 13.3. The topological polar surface area (TPSA) is 211 Å². The summed E-state index contributed by atoms with van der Waals surface area (Å²) in [6.07, 6.45) is -0.228. The van der Waals surface area contributed by atoms with Crippen molar-refractivity contribution in [3.05, 3.63) is 29.8 Å². The molecule has 0 aliphatic carbocycles. The van der Waals surface area contributed by atoms with E-state index >= 15 is 0 Å². The molecular weight excluding hydrogens is 500 g/mol. The number of aromatic hydroxyl groups is 1. The minimum Gasteiger partial charge on any atom is -0.508 e. The lowest BCUT2D eigenvalue weighted by Crippen LogP contribution is -2.57. The molecule has 4 amide bonds. The number of hydrogen-bond acceptors (Lipinski definition) is 7. The van der Waals surface area contributed by atoms with Crippen LogP contribution in [-0.4, -0.2) is 75.1 Å². The summed E-state index contributed by atoms with van der Waals surface area (Å²) in [6, 6.07) is 1.22. The molecule has 1 aliphatic heterocycles. The molecule has 2 rings (SSSR count). The van der Waals surface area contributed by atoms with Gasteiger partial charge >= 0.3 is 11.9 Å². The predicted octanol–water partition coefficient (Wildman–Crippen LogP) is -0.337. The Balaban J connectivity index is 2.22. The van der Waals surface area contributed by atoms with Gasteiger partial charge < -0.3 is 36.6 Å². The fraction of sp³-hybridized carbons (Fsp3) is 0.520. The summed E-state index contributed by atoms with van der Waals surface area (Å²) >= 11 is 0. The summed E-state index contributed by atoms with van der Waals surface area (Å²) in [4.78, 5) is 73.0. The second-order valence-corrected chi connectivity index (χ2v) is 9.61. The van der Waals surface area contributed by atoms with E-state index in [2.05, 4.69) is 21.3 Å². The molecule has 0 bridgehead atoms. The van der Waals surface area contributed by atoms with Gasteiger partial charge in [-0.05, 0) is 42.9 Å². The van der Waals surface area contributed by atoms with E-state index in [4.69, 9.17) is 5.11 Å². The molecule has 0 saturated carbocycles. The number of carboxylic acid groups (broad SMARTS) is 2. The average Bonchev–Trinajstić information content (AvgIpc) is 3.27. The number of hydrogen-bond donors (Lipinski definition) is 7. The van der Waals surface area contributed by atoms with Crippen LogP contribution in [0.3, 0.4) is 0 Å². The van der Waals surface area contributed by atoms with Gasteiger partial charge in [-0.15, -0.1) is 0 Å². The van der Waals surface area contributed by atoms with Gasteiger partial charge in [0.1, 0.15) is 29.9 Å². The Bertz CT molecular complexity index is 1040. The zero-order valence-electron chi connectivity index (χ0n) is 21.2. The Morgan fingerprint density at radius 3 is 2.08 bits per heavy atom. The number of carboxylic acids is 2. The van der Waals surface area contributed by atoms with E-state index in [0.717, 1.165) is 0 Å². The first-order chi connectivity index (χ1) is 17.8. The third-order valence-electron chi connectivity index (χ3n) is 5.92. The highest BCUT2D eigenvalue weighted by Crippen LogP contribution is 2.14. The van der Waals surface area contributed by atoms with E-state index in [0.29, 0.717) is 12.0 Å². The van der Waals surface area contributed by atoms with Crippen LogP contribution in [-0.2, 0) is 35.2 Å². The van der Waals surface area contributed by atoms with Crippen molar-refractivity contribution in [2.24, 2.45) is 5.92 Å². The largest absolute Gasteiger partial charge is 0.508 e. The third-order valence-corrected chi connectivity index (χ3v) is 5.92. The number of rotatable bonds is 14.